The van der Waals surface area contributed by atoms with Gasteiger partial charge in [-0.25, -0.2) is 14.0 Å². The van der Waals surface area contributed by atoms with Crippen molar-refractivity contribution in [1.29, 1.82) is 0 Å². The summed E-state index contributed by atoms with van der Waals surface area (Å²) in [6.07, 6.45) is -0.959. The van der Waals surface area contributed by atoms with E-state index in [4.69, 9.17) is 9.47 Å². The predicted molar refractivity (Wildman–Crippen MR) is 114 cm³/mol. The molecule has 0 aliphatic carbocycles. The SMILES string of the molecule is Cc1cc(C(=O)OC2C(=O)OCC2(C)C)ccc1N1C(=O)CSC1c1ccc(F)cc1. The molecule has 2 aromatic carbocycles. The highest BCUT2D eigenvalue weighted by Crippen LogP contribution is 2.43. The second kappa shape index (κ2) is 8.00. The molecule has 4 rings (SSSR count). The number of nitrogens with zero attached hydrogens (tertiary/aromatic N) is 1. The van der Waals surface area contributed by atoms with Gasteiger partial charge in [0.2, 0.25) is 12.0 Å². The maximum atomic E-state index is 13.3. The minimum atomic E-state index is -0.959. The van der Waals surface area contributed by atoms with E-state index in [0.29, 0.717) is 17.0 Å². The van der Waals surface area contributed by atoms with Crippen molar-refractivity contribution in [2.24, 2.45) is 5.41 Å². The number of amides is 1. The van der Waals surface area contributed by atoms with E-state index in [1.54, 1.807) is 56.0 Å². The van der Waals surface area contributed by atoms with Crippen molar-refractivity contribution in [2.75, 3.05) is 17.3 Å². The van der Waals surface area contributed by atoms with Crippen LogP contribution < -0.4 is 4.90 Å². The second-order valence-electron chi connectivity index (χ2n) is 8.36. The van der Waals surface area contributed by atoms with E-state index < -0.39 is 23.5 Å². The number of rotatable bonds is 4. The Morgan fingerprint density at radius 1 is 1.19 bits per heavy atom. The zero-order valence-corrected chi connectivity index (χ0v) is 18.2. The number of hydrogen-bond donors (Lipinski definition) is 0. The molecule has 0 bridgehead atoms. The van der Waals surface area contributed by atoms with E-state index in [0.717, 1.165) is 5.56 Å². The predicted octanol–water partition coefficient (Wildman–Crippen LogP) is 4.02. The molecule has 0 aromatic heterocycles. The van der Waals surface area contributed by atoms with Crippen molar-refractivity contribution in [1.82, 2.24) is 0 Å². The Bertz CT molecular complexity index is 1050. The maximum absolute atomic E-state index is 13.3. The highest BCUT2D eigenvalue weighted by Gasteiger charge is 2.46. The van der Waals surface area contributed by atoms with Crippen LogP contribution in [-0.2, 0) is 19.1 Å². The Kier molecular flexibility index (Phi) is 5.51. The zero-order chi connectivity index (χ0) is 22.3. The molecular formula is C23H22FNO5S. The van der Waals surface area contributed by atoms with Crippen molar-refractivity contribution in [3.8, 4) is 0 Å². The van der Waals surface area contributed by atoms with Gasteiger partial charge in [0.25, 0.3) is 0 Å². The standard InChI is InChI=1S/C23H22FNO5S/c1-13-10-15(21(27)30-19-22(28)29-12-23(19,2)3)6-9-17(13)25-18(26)11-31-20(25)14-4-7-16(24)8-5-14/h4-10,19-20H,11-12H2,1-3H3. The molecule has 2 saturated heterocycles. The number of aryl methyl sites for hydroxylation is 1. The summed E-state index contributed by atoms with van der Waals surface area (Å²) in [5.74, 6) is -1.26. The fourth-order valence-corrected chi connectivity index (χ4v) is 4.89. The number of benzene rings is 2. The van der Waals surface area contributed by atoms with Crippen molar-refractivity contribution in [3.05, 3.63) is 65.0 Å². The topological polar surface area (TPSA) is 72.9 Å². The van der Waals surface area contributed by atoms with Gasteiger partial charge in [-0.3, -0.25) is 9.69 Å². The van der Waals surface area contributed by atoms with E-state index >= 15 is 0 Å². The van der Waals surface area contributed by atoms with E-state index in [1.807, 2.05) is 0 Å². The number of halogens is 1. The molecule has 2 aliphatic rings. The van der Waals surface area contributed by atoms with Gasteiger partial charge in [0.15, 0.2) is 0 Å². The van der Waals surface area contributed by atoms with Crippen molar-refractivity contribution in [3.63, 3.8) is 0 Å². The van der Waals surface area contributed by atoms with Crippen molar-refractivity contribution >= 4 is 35.3 Å². The van der Waals surface area contributed by atoms with Gasteiger partial charge in [0, 0.05) is 11.1 Å². The summed E-state index contributed by atoms with van der Waals surface area (Å²) >= 11 is 1.46. The van der Waals surface area contributed by atoms with Crippen LogP contribution in [0.1, 0.15) is 40.7 Å². The van der Waals surface area contributed by atoms with Gasteiger partial charge in [-0.05, 0) is 48.4 Å². The van der Waals surface area contributed by atoms with Crippen molar-refractivity contribution in [2.45, 2.75) is 32.2 Å². The molecule has 31 heavy (non-hydrogen) atoms. The van der Waals surface area contributed by atoms with Crippen molar-refractivity contribution < 1.29 is 28.2 Å². The van der Waals surface area contributed by atoms with E-state index in [1.165, 1.54) is 23.9 Å². The quantitative estimate of drug-likeness (QED) is 0.665. The molecular weight excluding hydrogens is 421 g/mol. The summed E-state index contributed by atoms with van der Waals surface area (Å²) in [7, 11) is 0. The molecule has 2 atom stereocenters. The molecule has 162 valence electrons. The van der Waals surface area contributed by atoms with Crippen LogP contribution in [0.4, 0.5) is 10.1 Å². The summed E-state index contributed by atoms with van der Waals surface area (Å²) in [6.45, 7) is 5.60. The fourth-order valence-electron chi connectivity index (χ4n) is 3.72. The fraction of sp³-hybridized carbons (Fsp3) is 0.348. The van der Waals surface area contributed by atoms with E-state index in [9.17, 15) is 18.8 Å². The highest BCUT2D eigenvalue weighted by atomic mass is 32.2. The van der Waals surface area contributed by atoms with Gasteiger partial charge in [-0.2, -0.15) is 0 Å². The normalized spacial score (nSPS) is 22.5. The van der Waals surface area contributed by atoms with Crippen LogP contribution in [0.25, 0.3) is 0 Å². The highest BCUT2D eigenvalue weighted by molar-refractivity contribution is 8.00. The lowest BCUT2D eigenvalue weighted by Gasteiger charge is -2.26. The van der Waals surface area contributed by atoms with Gasteiger partial charge < -0.3 is 9.47 Å². The van der Waals surface area contributed by atoms with Crippen LogP contribution in [-0.4, -0.2) is 36.3 Å². The summed E-state index contributed by atoms with van der Waals surface area (Å²) in [5.41, 5.74) is 1.90. The first-order chi connectivity index (χ1) is 14.7. The first-order valence-corrected chi connectivity index (χ1v) is 10.9. The summed E-state index contributed by atoms with van der Waals surface area (Å²) < 4.78 is 23.8. The molecule has 0 spiro atoms. The molecule has 0 N–H and O–H groups in total. The summed E-state index contributed by atoms with van der Waals surface area (Å²) in [5, 5.41) is -0.279. The van der Waals surface area contributed by atoms with Gasteiger partial charge in [0.05, 0.1) is 11.3 Å². The zero-order valence-electron chi connectivity index (χ0n) is 17.4. The van der Waals surface area contributed by atoms with E-state index in [2.05, 4.69) is 0 Å². The Labute approximate surface area is 183 Å². The molecule has 0 radical (unpaired) electrons. The summed E-state index contributed by atoms with van der Waals surface area (Å²) in [6, 6.07) is 11.0. The van der Waals surface area contributed by atoms with Crippen LogP contribution in [0.5, 0.6) is 0 Å². The van der Waals surface area contributed by atoms with Gasteiger partial charge in [-0.1, -0.05) is 26.0 Å². The molecule has 2 aliphatic heterocycles. The van der Waals surface area contributed by atoms with Crippen LogP contribution in [0, 0.1) is 18.2 Å². The lowest BCUT2D eigenvalue weighted by Crippen LogP contribution is -2.35. The Balaban J connectivity index is 1.58. The third-order valence-corrected chi connectivity index (χ3v) is 6.66. The minimum absolute atomic E-state index is 0.0618. The lowest BCUT2D eigenvalue weighted by molar-refractivity contribution is -0.145. The average molecular weight is 443 g/mol. The number of thioether (sulfide) groups is 1. The minimum Gasteiger partial charge on any atom is -0.462 e. The van der Waals surface area contributed by atoms with Crippen LogP contribution >= 0.6 is 11.8 Å². The number of cyclic esters (lactones) is 1. The smallest absolute Gasteiger partial charge is 0.348 e. The Morgan fingerprint density at radius 3 is 2.52 bits per heavy atom. The van der Waals surface area contributed by atoms with Gasteiger partial charge >= 0.3 is 11.9 Å². The number of esters is 2. The first-order valence-electron chi connectivity index (χ1n) is 9.85. The number of carbonyl (C=O) groups is 3. The number of hydrogen-bond acceptors (Lipinski definition) is 6. The first kappa shape index (κ1) is 21.4. The Morgan fingerprint density at radius 2 is 1.90 bits per heavy atom. The molecule has 8 heteroatoms. The molecule has 0 saturated carbocycles. The second-order valence-corrected chi connectivity index (χ2v) is 9.43. The lowest BCUT2D eigenvalue weighted by atomic mass is 9.90. The van der Waals surface area contributed by atoms with Crippen LogP contribution in [0.3, 0.4) is 0 Å². The molecule has 6 nitrogen and oxygen atoms in total. The molecule has 2 unspecified atom stereocenters. The monoisotopic (exact) mass is 443 g/mol. The molecule has 2 fully saturated rings. The number of carbonyl (C=O) groups excluding carboxylic acids is 3. The largest absolute Gasteiger partial charge is 0.462 e. The molecule has 2 aromatic rings. The average Bonchev–Trinajstić information content (AvgIpc) is 3.22. The number of anilines is 1. The number of ether oxygens (including phenoxy) is 2. The van der Waals surface area contributed by atoms with E-state index in [-0.39, 0.29) is 29.3 Å². The van der Waals surface area contributed by atoms with Gasteiger partial charge in [0.1, 0.15) is 17.8 Å². The summed E-state index contributed by atoms with van der Waals surface area (Å²) in [4.78, 5) is 38.8. The Hall–Kier alpha value is -2.87. The molecule has 1 amide bonds. The van der Waals surface area contributed by atoms with Crippen LogP contribution in [0.15, 0.2) is 42.5 Å². The van der Waals surface area contributed by atoms with Crippen LogP contribution in [0.2, 0.25) is 0 Å². The third-order valence-electron chi connectivity index (χ3n) is 5.45. The maximum Gasteiger partial charge on any atom is 0.348 e. The van der Waals surface area contributed by atoms with Gasteiger partial charge in [-0.15, -0.1) is 11.8 Å². The third kappa shape index (κ3) is 4.04. The molecule has 2 heterocycles.